The molecule has 0 spiro atoms. The van der Waals surface area contributed by atoms with Crippen LogP contribution in [0.2, 0.25) is 0 Å². The molecule has 108 valence electrons. The molecule has 3 rings (SSSR count). The quantitative estimate of drug-likeness (QED) is 0.638. The molecule has 0 aliphatic rings. The molecule has 0 unspecified atom stereocenters. The summed E-state index contributed by atoms with van der Waals surface area (Å²) in [6.07, 6.45) is 0. The van der Waals surface area contributed by atoms with Crippen molar-refractivity contribution in [3.8, 4) is 5.69 Å². The maximum atomic E-state index is 14.2. The van der Waals surface area contributed by atoms with Gasteiger partial charge in [0.2, 0.25) is 0 Å². The normalized spacial score (nSPS) is 11.3. The third kappa shape index (κ3) is 2.27. The van der Waals surface area contributed by atoms with E-state index in [1.165, 1.54) is 16.7 Å². The third-order valence-corrected chi connectivity index (χ3v) is 3.45. The van der Waals surface area contributed by atoms with Crippen LogP contribution in [-0.2, 0) is 5.88 Å². The minimum atomic E-state index is -0.803. The molecule has 1 heterocycles. The summed E-state index contributed by atoms with van der Waals surface area (Å²) >= 11 is 5.81. The number of hydrogen-bond donors (Lipinski definition) is 0. The topological polar surface area (TPSA) is 17.8 Å². The van der Waals surface area contributed by atoms with E-state index in [1.807, 2.05) is 0 Å². The highest BCUT2D eigenvalue weighted by molar-refractivity contribution is 6.17. The van der Waals surface area contributed by atoms with Crippen molar-refractivity contribution in [2.75, 3.05) is 0 Å². The number of hydrogen-bond acceptors (Lipinski definition) is 1. The van der Waals surface area contributed by atoms with Gasteiger partial charge in [0, 0.05) is 12.1 Å². The fourth-order valence-electron chi connectivity index (χ4n) is 2.30. The molecule has 0 aliphatic heterocycles. The zero-order valence-corrected chi connectivity index (χ0v) is 11.8. The lowest BCUT2D eigenvalue weighted by Crippen LogP contribution is -2.02. The van der Waals surface area contributed by atoms with E-state index in [0.29, 0.717) is 0 Å². The number of aromatic nitrogens is 2. The number of benzene rings is 2. The molecule has 0 saturated carbocycles. The maximum Gasteiger partial charge on any atom is 0.153 e. The van der Waals surface area contributed by atoms with E-state index in [9.17, 15) is 13.2 Å². The minimum Gasteiger partial charge on any atom is -0.292 e. The van der Waals surface area contributed by atoms with Crippen molar-refractivity contribution < 1.29 is 13.2 Å². The van der Waals surface area contributed by atoms with Crippen LogP contribution in [0.5, 0.6) is 0 Å². The monoisotopic (exact) mass is 310 g/mol. The standard InChI is InChI=1S/C15H10ClF3N2/c1-8-2-3-12(10(18)4-8)21-13-6-9(17)5-11(19)15(13)20-14(21)7-16/h2-6H,7H2,1H3. The number of alkyl halides is 1. The van der Waals surface area contributed by atoms with Gasteiger partial charge < -0.3 is 0 Å². The van der Waals surface area contributed by atoms with E-state index in [1.54, 1.807) is 13.0 Å². The van der Waals surface area contributed by atoms with Crippen molar-refractivity contribution in [1.82, 2.24) is 9.55 Å². The van der Waals surface area contributed by atoms with Gasteiger partial charge in [-0.05, 0) is 24.6 Å². The Balaban J connectivity index is 2.40. The Morgan fingerprint density at radius 2 is 1.86 bits per heavy atom. The van der Waals surface area contributed by atoms with Crippen LogP contribution in [0.15, 0.2) is 30.3 Å². The number of halogens is 4. The number of fused-ring (bicyclic) bond motifs is 1. The van der Waals surface area contributed by atoms with Crippen LogP contribution in [0.4, 0.5) is 13.2 Å². The van der Waals surface area contributed by atoms with Crippen LogP contribution >= 0.6 is 11.6 Å². The molecule has 0 radical (unpaired) electrons. The highest BCUT2D eigenvalue weighted by atomic mass is 35.5. The molecule has 0 fully saturated rings. The highest BCUT2D eigenvalue weighted by Gasteiger charge is 2.18. The number of aryl methyl sites for hydroxylation is 1. The van der Waals surface area contributed by atoms with E-state index in [0.717, 1.165) is 17.7 Å². The zero-order valence-electron chi connectivity index (χ0n) is 11.0. The molecule has 0 saturated heterocycles. The lowest BCUT2D eigenvalue weighted by Gasteiger charge is -2.09. The molecule has 0 N–H and O–H groups in total. The van der Waals surface area contributed by atoms with Crippen LogP contribution in [0.1, 0.15) is 11.4 Å². The fraction of sp³-hybridized carbons (Fsp3) is 0.133. The van der Waals surface area contributed by atoms with Crippen molar-refractivity contribution >= 4 is 22.6 Å². The molecule has 3 aromatic rings. The van der Waals surface area contributed by atoms with Crippen LogP contribution in [0.25, 0.3) is 16.7 Å². The van der Waals surface area contributed by atoms with Crippen molar-refractivity contribution in [3.05, 3.63) is 59.2 Å². The molecule has 0 bridgehead atoms. The molecule has 21 heavy (non-hydrogen) atoms. The van der Waals surface area contributed by atoms with Crippen LogP contribution in [-0.4, -0.2) is 9.55 Å². The lowest BCUT2D eigenvalue weighted by atomic mass is 10.2. The smallest absolute Gasteiger partial charge is 0.153 e. The molecule has 2 nitrogen and oxygen atoms in total. The number of rotatable bonds is 2. The average molecular weight is 311 g/mol. The summed E-state index contributed by atoms with van der Waals surface area (Å²) in [5.41, 5.74) is 1.01. The van der Waals surface area contributed by atoms with Crippen molar-refractivity contribution in [1.29, 1.82) is 0 Å². The Labute approximate surface area is 123 Å². The SMILES string of the molecule is Cc1ccc(-n2c(CCl)nc3c(F)cc(F)cc32)c(F)c1. The first-order valence-corrected chi connectivity index (χ1v) is 6.73. The Morgan fingerprint density at radius 1 is 1.10 bits per heavy atom. The number of imidazole rings is 1. The largest absolute Gasteiger partial charge is 0.292 e. The first-order valence-electron chi connectivity index (χ1n) is 6.20. The summed E-state index contributed by atoms with van der Waals surface area (Å²) in [5, 5.41) is 0. The van der Waals surface area contributed by atoms with E-state index >= 15 is 0 Å². The van der Waals surface area contributed by atoms with Gasteiger partial charge in [0.15, 0.2) is 5.82 Å². The zero-order chi connectivity index (χ0) is 15.1. The van der Waals surface area contributed by atoms with Gasteiger partial charge in [0.25, 0.3) is 0 Å². The van der Waals surface area contributed by atoms with Gasteiger partial charge in [-0.2, -0.15) is 0 Å². The van der Waals surface area contributed by atoms with Crippen molar-refractivity contribution in [2.45, 2.75) is 12.8 Å². The number of nitrogens with zero attached hydrogens (tertiary/aromatic N) is 2. The van der Waals surface area contributed by atoms with Gasteiger partial charge in [-0.15, -0.1) is 11.6 Å². The predicted molar refractivity (Wildman–Crippen MR) is 75.2 cm³/mol. The minimum absolute atomic E-state index is 0.0352. The molecule has 2 aromatic carbocycles. The molecule has 6 heteroatoms. The molecular weight excluding hydrogens is 301 g/mol. The summed E-state index contributed by atoms with van der Waals surface area (Å²) in [5.74, 6) is -1.87. The van der Waals surface area contributed by atoms with Gasteiger partial charge in [0.05, 0.1) is 17.1 Å². The van der Waals surface area contributed by atoms with E-state index in [4.69, 9.17) is 11.6 Å². The molecular formula is C15H10ClF3N2. The molecule has 0 amide bonds. The maximum absolute atomic E-state index is 14.2. The predicted octanol–water partition coefficient (Wildman–Crippen LogP) is 4.49. The summed E-state index contributed by atoms with van der Waals surface area (Å²) in [4.78, 5) is 4.03. The molecule has 0 aliphatic carbocycles. The Morgan fingerprint density at radius 3 is 2.52 bits per heavy atom. The second kappa shape index (κ2) is 5.07. The molecule has 0 atom stereocenters. The van der Waals surface area contributed by atoms with Gasteiger partial charge in [-0.25, -0.2) is 18.2 Å². The van der Waals surface area contributed by atoms with Gasteiger partial charge in [-0.1, -0.05) is 6.07 Å². The first-order chi connectivity index (χ1) is 10.0. The van der Waals surface area contributed by atoms with Gasteiger partial charge >= 0.3 is 0 Å². The van der Waals surface area contributed by atoms with Crippen LogP contribution < -0.4 is 0 Å². The Hall–Kier alpha value is -2.01. The Kier molecular flexibility index (Phi) is 3.37. The Bertz CT molecular complexity index is 843. The second-order valence-electron chi connectivity index (χ2n) is 4.71. The highest BCUT2D eigenvalue weighted by Crippen LogP contribution is 2.27. The molecule has 1 aromatic heterocycles. The third-order valence-electron chi connectivity index (χ3n) is 3.21. The van der Waals surface area contributed by atoms with Crippen molar-refractivity contribution in [3.63, 3.8) is 0 Å². The summed E-state index contributed by atoms with van der Waals surface area (Å²) < 4.78 is 42.8. The van der Waals surface area contributed by atoms with Gasteiger partial charge in [0.1, 0.15) is 23.0 Å². The lowest BCUT2D eigenvalue weighted by molar-refractivity contribution is 0.590. The van der Waals surface area contributed by atoms with Crippen LogP contribution in [0.3, 0.4) is 0 Å². The second-order valence-corrected chi connectivity index (χ2v) is 4.97. The van der Waals surface area contributed by atoms with Gasteiger partial charge in [-0.3, -0.25) is 4.57 Å². The summed E-state index contributed by atoms with van der Waals surface area (Å²) in [7, 11) is 0. The fourth-order valence-corrected chi connectivity index (χ4v) is 2.48. The van der Waals surface area contributed by atoms with Crippen molar-refractivity contribution in [2.24, 2.45) is 0 Å². The van der Waals surface area contributed by atoms with Crippen LogP contribution in [0, 0.1) is 24.4 Å². The van der Waals surface area contributed by atoms with E-state index < -0.39 is 17.5 Å². The summed E-state index contributed by atoms with van der Waals surface area (Å²) in [6, 6.07) is 6.43. The average Bonchev–Trinajstić information content (AvgIpc) is 2.77. The first kappa shape index (κ1) is 13.9. The van der Waals surface area contributed by atoms with E-state index in [-0.39, 0.29) is 28.4 Å². The van der Waals surface area contributed by atoms with E-state index in [2.05, 4.69) is 4.98 Å². The summed E-state index contributed by atoms with van der Waals surface area (Å²) in [6.45, 7) is 1.75.